The fourth-order valence-corrected chi connectivity index (χ4v) is 3.28. The van der Waals surface area contributed by atoms with Gasteiger partial charge in [0.25, 0.3) is 0 Å². The smallest absolute Gasteiger partial charge is 0.0501 e. The van der Waals surface area contributed by atoms with Crippen LogP contribution >= 0.6 is 27.5 Å². The predicted octanol–water partition coefficient (Wildman–Crippen LogP) is 5.40. The molecule has 0 aliphatic heterocycles. The Balaban J connectivity index is 2.10. The van der Waals surface area contributed by atoms with E-state index in [4.69, 9.17) is 11.6 Å². The Kier molecular flexibility index (Phi) is 4.37. The van der Waals surface area contributed by atoms with Crippen molar-refractivity contribution in [1.82, 2.24) is 0 Å². The lowest BCUT2D eigenvalue weighted by molar-refractivity contribution is 0.358. The van der Waals surface area contributed by atoms with E-state index in [0.29, 0.717) is 6.04 Å². The minimum Gasteiger partial charge on any atom is -0.381 e. The molecule has 0 bridgehead atoms. The van der Waals surface area contributed by atoms with Crippen LogP contribution in [0.4, 0.5) is 5.69 Å². The minimum absolute atomic E-state index is 0.592. The van der Waals surface area contributed by atoms with Gasteiger partial charge in [-0.3, -0.25) is 0 Å². The first-order chi connectivity index (χ1) is 8.06. The average molecular weight is 317 g/mol. The maximum absolute atomic E-state index is 6.17. The van der Waals surface area contributed by atoms with E-state index in [0.717, 1.165) is 26.7 Å². The zero-order valence-electron chi connectivity index (χ0n) is 10.4. The van der Waals surface area contributed by atoms with E-state index >= 15 is 0 Å². The van der Waals surface area contributed by atoms with Crippen molar-refractivity contribution in [1.29, 1.82) is 0 Å². The van der Waals surface area contributed by atoms with Gasteiger partial charge < -0.3 is 5.32 Å². The van der Waals surface area contributed by atoms with Gasteiger partial charge in [-0.15, -0.1) is 0 Å². The highest BCUT2D eigenvalue weighted by atomic mass is 79.9. The van der Waals surface area contributed by atoms with Crippen LogP contribution in [0.15, 0.2) is 16.6 Å². The molecule has 0 aromatic heterocycles. The Morgan fingerprint density at radius 3 is 2.82 bits per heavy atom. The molecule has 17 heavy (non-hydrogen) atoms. The molecule has 0 amide bonds. The summed E-state index contributed by atoms with van der Waals surface area (Å²) in [5.41, 5.74) is 2.24. The number of halogens is 2. The largest absolute Gasteiger partial charge is 0.381 e. The summed E-state index contributed by atoms with van der Waals surface area (Å²) in [6.07, 6.45) is 5.23. The van der Waals surface area contributed by atoms with Crippen LogP contribution in [0.1, 0.15) is 38.2 Å². The molecule has 2 rings (SSSR count). The molecule has 1 aromatic carbocycles. The Labute approximate surface area is 117 Å². The van der Waals surface area contributed by atoms with E-state index in [1.54, 1.807) is 0 Å². The summed E-state index contributed by atoms with van der Waals surface area (Å²) in [4.78, 5) is 0. The summed E-state index contributed by atoms with van der Waals surface area (Å²) in [5.74, 6) is 0.834. The second kappa shape index (κ2) is 5.62. The van der Waals surface area contributed by atoms with Crippen LogP contribution in [0.2, 0.25) is 5.02 Å². The molecule has 1 aliphatic carbocycles. The lowest BCUT2D eigenvalue weighted by Gasteiger charge is -2.28. The van der Waals surface area contributed by atoms with E-state index in [1.807, 2.05) is 13.0 Å². The zero-order valence-corrected chi connectivity index (χ0v) is 12.7. The maximum Gasteiger partial charge on any atom is 0.0501 e. The van der Waals surface area contributed by atoms with E-state index in [9.17, 15) is 0 Å². The molecule has 0 spiro atoms. The second-order valence-corrected chi connectivity index (χ2v) is 6.46. The fraction of sp³-hybridized carbons (Fsp3) is 0.571. The lowest BCUT2D eigenvalue weighted by Crippen LogP contribution is -2.26. The highest BCUT2D eigenvalue weighted by Gasteiger charge is 2.19. The maximum atomic E-state index is 6.17. The summed E-state index contributed by atoms with van der Waals surface area (Å²) in [7, 11) is 0. The molecule has 1 saturated carbocycles. The summed E-state index contributed by atoms with van der Waals surface area (Å²) in [5, 5.41) is 4.45. The van der Waals surface area contributed by atoms with Crippen LogP contribution < -0.4 is 5.32 Å². The molecule has 0 radical (unpaired) electrons. The Bertz CT molecular complexity index is 405. The van der Waals surface area contributed by atoms with Crippen LogP contribution in [-0.2, 0) is 0 Å². The number of nitrogens with one attached hydrogen (secondary N) is 1. The number of anilines is 1. The molecule has 94 valence electrons. The molecular formula is C14H19BrClN. The van der Waals surface area contributed by atoms with Crippen LogP contribution in [0.3, 0.4) is 0 Å². The van der Waals surface area contributed by atoms with Gasteiger partial charge in [0.05, 0.1) is 5.69 Å². The molecule has 1 N–H and O–H groups in total. The van der Waals surface area contributed by atoms with Crippen LogP contribution in [0.25, 0.3) is 0 Å². The van der Waals surface area contributed by atoms with E-state index < -0.39 is 0 Å². The second-order valence-electron chi connectivity index (χ2n) is 5.19. The van der Waals surface area contributed by atoms with Gasteiger partial charge in [0, 0.05) is 15.5 Å². The van der Waals surface area contributed by atoms with Crippen molar-refractivity contribution in [2.24, 2.45) is 5.92 Å². The fourth-order valence-electron chi connectivity index (χ4n) is 2.54. The molecule has 0 heterocycles. The summed E-state index contributed by atoms with van der Waals surface area (Å²) < 4.78 is 1.11. The van der Waals surface area contributed by atoms with Crippen molar-refractivity contribution < 1.29 is 0 Å². The van der Waals surface area contributed by atoms with Gasteiger partial charge in [0.1, 0.15) is 0 Å². The third-order valence-electron chi connectivity index (χ3n) is 3.54. The predicted molar refractivity (Wildman–Crippen MR) is 78.9 cm³/mol. The minimum atomic E-state index is 0.592. The molecule has 0 saturated heterocycles. The van der Waals surface area contributed by atoms with Gasteiger partial charge in [-0.2, -0.15) is 0 Å². The van der Waals surface area contributed by atoms with E-state index in [1.165, 1.54) is 25.7 Å². The summed E-state index contributed by atoms with van der Waals surface area (Å²) in [6.45, 7) is 4.37. The van der Waals surface area contributed by atoms with Crippen molar-refractivity contribution in [2.75, 3.05) is 5.32 Å². The lowest BCUT2D eigenvalue weighted by atomic mass is 9.87. The molecule has 1 aliphatic rings. The monoisotopic (exact) mass is 315 g/mol. The summed E-state index contributed by atoms with van der Waals surface area (Å²) in [6, 6.07) is 4.70. The van der Waals surface area contributed by atoms with E-state index in [2.05, 4.69) is 34.2 Å². The highest BCUT2D eigenvalue weighted by molar-refractivity contribution is 9.10. The first-order valence-electron chi connectivity index (χ1n) is 6.28. The van der Waals surface area contributed by atoms with Gasteiger partial charge in [-0.1, -0.05) is 31.4 Å². The van der Waals surface area contributed by atoms with Crippen molar-refractivity contribution in [2.45, 2.75) is 45.6 Å². The van der Waals surface area contributed by atoms with Gasteiger partial charge in [0.15, 0.2) is 0 Å². The SMILES string of the molecule is Cc1cc(Br)c(NC2CCCC(C)C2)cc1Cl. The molecule has 1 fully saturated rings. The Morgan fingerprint density at radius 1 is 1.35 bits per heavy atom. The highest BCUT2D eigenvalue weighted by Crippen LogP contribution is 2.32. The number of hydrogen-bond donors (Lipinski definition) is 1. The van der Waals surface area contributed by atoms with Crippen molar-refractivity contribution >= 4 is 33.2 Å². The molecule has 1 aromatic rings. The molecular weight excluding hydrogens is 298 g/mol. The standard InChI is InChI=1S/C14H19BrClN/c1-9-4-3-5-11(6-9)17-14-8-13(16)10(2)7-12(14)15/h7-9,11,17H,3-6H2,1-2H3. The van der Waals surface area contributed by atoms with Crippen LogP contribution in [0.5, 0.6) is 0 Å². The van der Waals surface area contributed by atoms with E-state index in [-0.39, 0.29) is 0 Å². The first kappa shape index (κ1) is 13.2. The Morgan fingerprint density at radius 2 is 2.12 bits per heavy atom. The quantitative estimate of drug-likeness (QED) is 0.770. The number of aryl methyl sites for hydroxylation is 1. The van der Waals surface area contributed by atoms with Gasteiger partial charge >= 0.3 is 0 Å². The number of hydrogen-bond acceptors (Lipinski definition) is 1. The normalized spacial score (nSPS) is 24.7. The third kappa shape index (κ3) is 3.38. The van der Waals surface area contributed by atoms with Gasteiger partial charge in [-0.05, 0) is 59.3 Å². The molecule has 2 unspecified atom stereocenters. The topological polar surface area (TPSA) is 12.0 Å². The first-order valence-corrected chi connectivity index (χ1v) is 7.45. The van der Waals surface area contributed by atoms with Gasteiger partial charge in [0.2, 0.25) is 0 Å². The Hall–Kier alpha value is -0.210. The van der Waals surface area contributed by atoms with Crippen LogP contribution in [-0.4, -0.2) is 6.04 Å². The van der Waals surface area contributed by atoms with Crippen molar-refractivity contribution in [3.05, 3.63) is 27.2 Å². The van der Waals surface area contributed by atoms with Crippen molar-refractivity contribution in [3.63, 3.8) is 0 Å². The average Bonchev–Trinajstić information content (AvgIpc) is 2.26. The van der Waals surface area contributed by atoms with Crippen molar-refractivity contribution in [3.8, 4) is 0 Å². The zero-order chi connectivity index (χ0) is 12.4. The molecule has 2 atom stereocenters. The number of rotatable bonds is 2. The third-order valence-corrected chi connectivity index (χ3v) is 4.61. The summed E-state index contributed by atoms with van der Waals surface area (Å²) >= 11 is 9.77. The molecule has 3 heteroatoms. The number of benzene rings is 1. The van der Waals surface area contributed by atoms with Crippen LogP contribution in [0, 0.1) is 12.8 Å². The molecule has 1 nitrogen and oxygen atoms in total. The van der Waals surface area contributed by atoms with Gasteiger partial charge in [-0.25, -0.2) is 0 Å².